The van der Waals surface area contributed by atoms with Crippen molar-refractivity contribution < 1.29 is 32.3 Å². The molecule has 2 heterocycles. The number of nitrogens with zero attached hydrogens (tertiary/aromatic N) is 2. The fraction of sp³-hybridized carbons (Fsp3) is 0.548. The molecule has 1 amide bonds. The number of hydrogen-bond donors (Lipinski definition) is 1. The van der Waals surface area contributed by atoms with Crippen molar-refractivity contribution in [1.82, 2.24) is 4.90 Å². The number of alkyl halides is 4. The van der Waals surface area contributed by atoms with Crippen molar-refractivity contribution in [2.45, 2.75) is 75.7 Å². The van der Waals surface area contributed by atoms with Gasteiger partial charge in [-0.1, -0.05) is 35.9 Å². The van der Waals surface area contributed by atoms with Crippen molar-refractivity contribution in [3.8, 4) is 0 Å². The van der Waals surface area contributed by atoms with Crippen LogP contribution in [-0.4, -0.2) is 53.7 Å². The first-order valence-corrected chi connectivity index (χ1v) is 14.6. The zero-order chi connectivity index (χ0) is 29.7. The zero-order valence-corrected chi connectivity index (χ0v) is 23.9. The third-order valence-electron chi connectivity index (χ3n) is 9.68. The molecule has 5 rings (SSSR count). The van der Waals surface area contributed by atoms with E-state index in [9.17, 15) is 27.9 Å². The van der Waals surface area contributed by atoms with Crippen molar-refractivity contribution in [3.63, 3.8) is 0 Å². The molecule has 3 aliphatic rings. The summed E-state index contributed by atoms with van der Waals surface area (Å²) >= 11 is 6.14. The van der Waals surface area contributed by atoms with E-state index in [1.165, 1.54) is 12.1 Å². The Morgan fingerprint density at radius 2 is 1.66 bits per heavy atom. The van der Waals surface area contributed by atoms with Gasteiger partial charge in [0.25, 0.3) is 0 Å². The SMILES string of the molecule is CCN1CC2N(C(=O)[C@H]3CC[C@H](C(=O)O)CC3)CCC2(Cc2ccc(Cl)cc2)c2ccc(C(C)(F)C(F)(F)F)cc21. The van der Waals surface area contributed by atoms with Crippen molar-refractivity contribution in [3.05, 3.63) is 64.2 Å². The highest BCUT2D eigenvalue weighted by Gasteiger charge is 2.57. The number of carboxylic acid groups (broad SMARTS) is 1. The first kappa shape index (κ1) is 29.7. The smallest absolute Gasteiger partial charge is 0.426 e. The number of likely N-dealkylation sites (tertiary alicyclic amines) is 1. The second kappa shape index (κ2) is 10.8. The normalized spacial score (nSPS) is 27.6. The van der Waals surface area contributed by atoms with E-state index in [4.69, 9.17) is 11.6 Å². The minimum absolute atomic E-state index is 0.0151. The number of carbonyl (C=O) groups is 2. The fourth-order valence-corrected chi connectivity index (χ4v) is 7.28. The molecule has 2 fully saturated rings. The number of hydrogen-bond acceptors (Lipinski definition) is 3. The van der Waals surface area contributed by atoms with Gasteiger partial charge in [0.2, 0.25) is 11.6 Å². The number of halogens is 5. The molecule has 0 spiro atoms. The molecule has 222 valence electrons. The topological polar surface area (TPSA) is 60.9 Å². The molecule has 3 unspecified atom stereocenters. The standard InChI is InChI=1S/C31H35ClF4N2O3/c1-3-37-18-26-30(17-19-4-11-23(32)12-5-19,24-13-10-22(16-25(24)37)29(2,33)31(34,35)36)14-15-38(26)27(39)20-6-8-21(9-7-20)28(40)41/h4-5,10-13,16,20-21,26H,3,6-9,14-15,17-18H2,1-2H3,(H,40,41)/t20-,21-,26?,29?,30?. The third kappa shape index (κ3) is 5.19. The lowest BCUT2D eigenvalue weighted by Gasteiger charge is -2.49. The minimum Gasteiger partial charge on any atom is -0.481 e. The van der Waals surface area contributed by atoms with Crippen molar-refractivity contribution in [1.29, 1.82) is 0 Å². The molecule has 2 aromatic rings. The summed E-state index contributed by atoms with van der Waals surface area (Å²) in [4.78, 5) is 29.3. The Morgan fingerprint density at radius 3 is 2.24 bits per heavy atom. The molecular weight excluding hydrogens is 560 g/mol. The molecule has 0 aromatic heterocycles. The van der Waals surface area contributed by atoms with Gasteiger partial charge in [-0.2, -0.15) is 13.2 Å². The number of amides is 1. The van der Waals surface area contributed by atoms with Crippen LogP contribution in [0.25, 0.3) is 0 Å². The number of fused-ring (bicyclic) bond motifs is 3. The van der Waals surface area contributed by atoms with E-state index in [0.29, 0.717) is 75.8 Å². The van der Waals surface area contributed by atoms with Crippen LogP contribution in [0.15, 0.2) is 42.5 Å². The molecule has 1 aliphatic carbocycles. The highest BCUT2D eigenvalue weighted by Crippen LogP contribution is 2.52. The monoisotopic (exact) mass is 594 g/mol. The number of carbonyl (C=O) groups excluding carboxylic acids is 1. The molecule has 1 saturated heterocycles. The number of carboxylic acids is 1. The van der Waals surface area contributed by atoms with E-state index >= 15 is 4.39 Å². The summed E-state index contributed by atoms with van der Waals surface area (Å²) in [6.07, 6.45) is -1.94. The van der Waals surface area contributed by atoms with Gasteiger partial charge in [0.1, 0.15) is 0 Å². The lowest BCUT2D eigenvalue weighted by Crippen LogP contribution is -2.57. The van der Waals surface area contributed by atoms with E-state index in [2.05, 4.69) is 0 Å². The average molecular weight is 595 g/mol. The number of likely N-dealkylation sites (N-methyl/N-ethyl adjacent to an activating group) is 1. The second-order valence-electron chi connectivity index (χ2n) is 11.9. The number of aliphatic carboxylic acids is 1. The number of benzene rings is 2. The molecule has 2 aliphatic heterocycles. The number of rotatable bonds is 6. The molecular formula is C31H35ClF4N2O3. The highest BCUT2D eigenvalue weighted by molar-refractivity contribution is 6.30. The van der Waals surface area contributed by atoms with Crippen LogP contribution in [-0.2, 0) is 27.1 Å². The summed E-state index contributed by atoms with van der Waals surface area (Å²) in [5, 5.41) is 9.98. The highest BCUT2D eigenvalue weighted by atomic mass is 35.5. The number of anilines is 1. The van der Waals surface area contributed by atoms with E-state index < -0.39 is 34.7 Å². The van der Waals surface area contributed by atoms with Crippen LogP contribution >= 0.6 is 11.6 Å². The van der Waals surface area contributed by atoms with Gasteiger partial charge in [-0.3, -0.25) is 9.59 Å². The van der Waals surface area contributed by atoms with E-state index in [1.807, 2.05) is 28.9 Å². The van der Waals surface area contributed by atoms with Gasteiger partial charge in [-0.05, 0) is 81.7 Å². The maximum absolute atomic E-state index is 15.1. The third-order valence-corrected chi connectivity index (χ3v) is 9.93. The first-order valence-electron chi connectivity index (χ1n) is 14.2. The Morgan fingerprint density at radius 1 is 1.02 bits per heavy atom. The van der Waals surface area contributed by atoms with Crippen LogP contribution in [0.4, 0.5) is 23.2 Å². The Labute approximate surface area is 242 Å². The van der Waals surface area contributed by atoms with Gasteiger partial charge in [0, 0.05) is 47.2 Å². The Kier molecular flexibility index (Phi) is 7.81. The molecule has 0 bridgehead atoms. The van der Waals surface area contributed by atoms with Crippen molar-refractivity contribution in [2.24, 2.45) is 11.8 Å². The van der Waals surface area contributed by atoms with Crippen LogP contribution < -0.4 is 4.90 Å². The molecule has 41 heavy (non-hydrogen) atoms. The summed E-state index contributed by atoms with van der Waals surface area (Å²) in [6, 6.07) is 11.4. The molecule has 1 saturated carbocycles. The Hall–Kier alpha value is -2.81. The van der Waals surface area contributed by atoms with Crippen LogP contribution in [0.2, 0.25) is 5.02 Å². The maximum atomic E-state index is 15.1. The van der Waals surface area contributed by atoms with E-state index in [0.717, 1.165) is 11.1 Å². The van der Waals surface area contributed by atoms with Crippen molar-refractivity contribution in [2.75, 3.05) is 24.5 Å². The molecule has 3 atom stereocenters. The average Bonchev–Trinajstić information content (AvgIpc) is 3.31. The van der Waals surface area contributed by atoms with Gasteiger partial charge < -0.3 is 14.9 Å². The lowest BCUT2D eigenvalue weighted by atomic mass is 9.66. The Bertz CT molecular complexity index is 1310. The van der Waals surface area contributed by atoms with Gasteiger partial charge >= 0.3 is 12.1 Å². The lowest BCUT2D eigenvalue weighted by molar-refractivity contribution is -0.228. The summed E-state index contributed by atoms with van der Waals surface area (Å²) in [5.74, 6) is -1.49. The van der Waals surface area contributed by atoms with Crippen LogP contribution in [0.5, 0.6) is 0 Å². The van der Waals surface area contributed by atoms with Gasteiger partial charge in [-0.15, -0.1) is 0 Å². The summed E-state index contributed by atoms with van der Waals surface area (Å²) < 4.78 is 56.0. The molecule has 0 radical (unpaired) electrons. The van der Waals surface area contributed by atoms with Gasteiger partial charge in [-0.25, -0.2) is 4.39 Å². The molecule has 5 nitrogen and oxygen atoms in total. The van der Waals surface area contributed by atoms with E-state index in [-0.39, 0.29) is 17.9 Å². The molecule has 10 heteroatoms. The first-order chi connectivity index (χ1) is 19.3. The molecule has 2 aromatic carbocycles. The van der Waals surface area contributed by atoms with Crippen LogP contribution in [0.1, 0.15) is 62.6 Å². The summed E-state index contributed by atoms with van der Waals surface area (Å²) in [7, 11) is 0. The largest absolute Gasteiger partial charge is 0.481 e. The van der Waals surface area contributed by atoms with Crippen molar-refractivity contribution >= 4 is 29.2 Å². The summed E-state index contributed by atoms with van der Waals surface area (Å²) in [6.45, 7) is 3.82. The van der Waals surface area contributed by atoms with Crippen LogP contribution in [0, 0.1) is 11.8 Å². The van der Waals surface area contributed by atoms with Gasteiger partial charge in [0.15, 0.2) is 0 Å². The molecule has 1 N–H and O–H groups in total. The predicted octanol–water partition coefficient (Wildman–Crippen LogP) is 6.90. The van der Waals surface area contributed by atoms with Crippen LogP contribution in [0.3, 0.4) is 0 Å². The van der Waals surface area contributed by atoms with Gasteiger partial charge in [0.05, 0.1) is 12.0 Å². The zero-order valence-electron chi connectivity index (χ0n) is 23.2. The maximum Gasteiger partial charge on any atom is 0.426 e. The minimum atomic E-state index is -5.06. The quantitative estimate of drug-likeness (QED) is 0.370. The predicted molar refractivity (Wildman–Crippen MR) is 149 cm³/mol. The fourth-order valence-electron chi connectivity index (χ4n) is 7.16. The van der Waals surface area contributed by atoms with E-state index in [1.54, 1.807) is 18.2 Å². The second-order valence-corrected chi connectivity index (χ2v) is 12.4. The Balaban J connectivity index is 1.55. The summed E-state index contributed by atoms with van der Waals surface area (Å²) in [5.41, 5.74) is -2.16.